The van der Waals surface area contributed by atoms with E-state index in [9.17, 15) is 0 Å². The van der Waals surface area contributed by atoms with E-state index in [0.717, 1.165) is 17.1 Å². The molecular weight excluding hydrogens is 1040 g/mol. The first-order valence-electron chi connectivity index (χ1n) is 31.9. The molecule has 2 aliphatic heterocycles. The largest absolute Gasteiger partial charge is 0.376 e. The van der Waals surface area contributed by atoms with Crippen LogP contribution < -0.4 is 25.5 Å². The topological polar surface area (TPSA) is 9.72 Å². The molecule has 0 N–H and O–H groups in total. The second-order valence-corrected chi connectivity index (χ2v) is 31.9. The van der Waals surface area contributed by atoms with Crippen LogP contribution in [-0.2, 0) is 37.9 Å². The highest BCUT2D eigenvalue weighted by Crippen LogP contribution is 2.61. The van der Waals surface area contributed by atoms with E-state index in [4.69, 9.17) is 0 Å². The minimum absolute atomic E-state index is 0.0228. The lowest BCUT2D eigenvalue weighted by molar-refractivity contribution is 0.331. The lowest BCUT2D eigenvalue weighted by Gasteiger charge is -2.48. The van der Waals surface area contributed by atoms with Gasteiger partial charge in [-0.15, -0.1) is 0 Å². The van der Waals surface area contributed by atoms with E-state index in [0.29, 0.717) is 0 Å². The van der Waals surface area contributed by atoms with Crippen molar-refractivity contribution in [2.45, 2.75) is 182 Å². The van der Waals surface area contributed by atoms with Gasteiger partial charge in [0.25, 0.3) is 0 Å². The van der Waals surface area contributed by atoms with Gasteiger partial charge in [-0.25, -0.2) is 0 Å². The molecule has 2 heterocycles. The molecule has 9 aromatic carbocycles. The Morgan fingerprint density at radius 3 is 1.53 bits per heavy atom. The third-order valence-electron chi connectivity index (χ3n) is 20.3. The van der Waals surface area contributed by atoms with E-state index in [1.165, 1.54) is 136 Å². The van der Waals surface area contributed by atoms with Gasteiger partial charge in [0.05, 0.1) is 5.69 Å². The van der Waals surface area contributed by atoms with Gasteiger partial charge in [-0.2, -0.15) is 0 Å². The summed E-state index contributed by atoms with van der Waals surface area (Å²) >= 11 is 0. The van der Waals surface area contributed by atoms with Gasteiger partial charge in [-0.3, -0.25) is 0 Å². The third kappa shape index (κ3) is 9.29. The fraction of sp³-hybridized carbons (Fsp3) is 0.341. The third-order valence-corrected chi connectivity index (χ3v) is 20.3. The summed E-state index contributed by atoms with van der Waals surface area (Å²) in [6.07, 6.45) is 2.36. The lowest BCUT2D eigenvalue weighted by Crippen LogP contribution is -2.62. The average Bonchev–Trinajstić information content (AvgIpc) is 1.27. The maximum absolute atomic E-state index is 2.81. The van der Waals surface area contributed by atoms with Crippen molar-refractivity contribution in [3.8, 4) is 33.4 Å². The van der Waals surface area contributed by atoms with Crippen LogP contribution in [-0.4, -0.2) is 6.85 Å². The Morgan fingerprint density at radius 1 is 0.407 bits per heavy atom. The van der Waals surface area contributed by atoms with Gasteiger partial charge in [0, 0.05) is 56.4 Å². The number of hydrogen-bond donors (Lipinski definition) is 0. The Labute approximate surface area is 516 Å². The molecule has 0 atom stereocenters. The summed E-state index contributed by atoms with van der Waals surface area (Å²) in [5.41, 5.74) is 31.9. The number of hydrogen-bond acceptors (Lipinski definition) is 3. The zero-order chi connectivity index (χ0) is 61.2. The molecule has 4 heteroatoms. The van der Waals surface area contributed by atoms with Gasteiger partial charge < -0.3 is 14.6 Å². The summed E-state index contributed by atoms with van der Waals surface area (Å²) in [4.78, 5) is 8.00. The molecule has 0 spiro atoms. The summed E-state index contributed by atoms with van der Waals surface area (Å²) in [5.74, 6) is 0. The Balaban J connectivity index is 1.16. The minimum Gasteiger partial charge on any atom is -0.376 e. The molecule has 2 aliphatic carbocycles. The summed E-state index contributed by atoms with van der Waals surface area (Å²) in [6, 6.07) is 69.5. The highest BCUT2D eigenvalue weighted by Gasteiger charge is 2.51. The predicted octanol–water partition coefficient (Wildman–Crippen LogP) is 21.7. The van der Waals surface area contributed by atoms with E-state index in [1.807, 2.05) is 0 Å². The fourth-order valence-corrected chi connectivity index (χ4v) is 15.0. The van der Waals surface area contributed by atoms with Crippen LogP contribution in [0.3, 0.4) is 0 Å². The Morgan fingerprint density at radius 2 is 0.942 bits per heavy atom. The minimum atomic E-state index is -0.325. The van der Waals surface area contributed by atoms with Crippen molar-refractivity contribution >= 4 is 63.3 Å². The van der Waals surface area contributed by atoms with Gasteiger partial charge in [0.2, 0.25) is 0 Å². The van der Waals surface area contributed by atoms with E-state index < -0.39 is 0 Å². The lowest BCUT2D eigenvalue weighted by atomic mass is 9.43. The van der Waals surface area contributed by atoms with E-state index in [2.05, 4.69) is 322 Å². The quantitative estimate of drug-likeness (QED) is 0.154. The molecule has 13 rings (SSSR count). The first-order chi connectivity index (χ1) is 40.3. The summed E-state index contributed by atoms with van der Waals surface area (Å²) < 4.78 is 0. The van der Waals surface area contributed by atoms with Gasteiger partial charge in [0.15, 0.2) is 0 Å². The number of rotatable bonds is 6. The summed E-state index contributed by atoms with van der Waals surface area (Å²) in [7, 11) is 0. The predicted molar refractivity (Wildman–Crippen MR) is 373 cm³/mol. The Hall–Kier alpha value is -7.56. The van der Waals surface area contributed by atoms with Gasteiger partial charge in [-0.1, -0.05) is 222 Å². The van der Waals surface area contributed by atoms with Crippen molar-refractivity contribution in [2.24, 2.45) is 0 Å². The van der Waals surface area contributed by atoms with Crippen molar-refractivity contribution in [1.82, 2.24) is 0 Å². The van der Waals surface area contributed by atoms with Crippen LogP contribution in [0.4, 0.5) is 45.5 Å². The Kier molecular flexibility index (Phi) is 13.0. The van der Waals surface area contributed by atoms with Crippen LogP contribution in [0.5, 0.6) is 0 Å². The SMILES string of the molecule is Cc1cc2c3c(c1)N(c1ccc(C(C)(C)C)cc1-c1ccccc1)c1ccc(N(c4cccc(C(C)(C)C)c4)c4cccc(C(C)(C)C)c4)cc1B3N(c1ccc(C(C)(C)C)cc1)c1c-2ccc2c1C(C)(C)c1cc3c(cc1-2)C(C)(C)CCC3(C)C. The molecule has 86 heavy (non-hydrogen) atoms. The molecule has 0 saturated carbocycles. The second kappa shape index (κ2) is 19.5. The maximum Gasteiger partial charge on any atom is 0.333 e. The zero-order valence-corrected chi connectivity index (χ0v) is 55.1. The molecule has 9 aromatic rings. The van der Waals surface area contributed by atoms with E-state index >= 15 is 0 Å². The number of aryl methyl sites for hydroxylation is 1. The summed E-state index contributed by atoms with van der Waals surface area (Å²) in [5, 5.41) is 0. The molecule has 0 bridgehead atoms. The molecule has 0 unspecified atom stereocenters. The zero-order valence-electron chi connectivity index (χ0n) is 55.1. The van der Waals surface area contributed by atoms with Crippen LogP contribution in [0.2, 0.25) is 0 Å². The van der Waals surface area contributed by atoms with Crippen LogP contribution >= 0.6 is 0 Å². The monoisotopic (exact) mass is 1130 g/mol. The molecule has 0 amide bonds. The summed E-state index contributed by atoms with van der Waals surface area (Å²) in [6.45, 7) is 45.0. The first kappa shape index (κ1) is 57.5. The van der Waals surface area contributed by atoms with E-state index in [1.54, 1.807) is 0 Å². The maximum atomic E-state index is 2.81. The highest BCUT2D eigenvalue weighted by atomic mass is 15.2. The molecule has 436 valence electrons. The van der Waals surface area contributed by atoms with Crippen molar-refractivity contribution in [3.05, 3.63) is 226 Å². The van der Waals surface area contributed by atoms with Crippen molar-refractivity contribution < 1.29 is 0 Å². The molecule has 0 radical (unpaired) electrons. The first-order valence-corrected chi connectivity index (χ1v) is 31.9. The normalized spacial score (nSPS) is 16.2. The van der Waals surface area contributed by atoms with Crippen LogP contribution in [0.25, 0.3) is 33.4 Å². The fourth-order valence-electron chi connectivity index (χ4n) is 15.0. The molecular formula is C82H90BN3. The number of benzene rings is 9. The number of anilines is 8. The van der Waals surface area contributed by atoms with E-state index in [-0.39, 0.29) is 44.8 Å². The highest BCUT2D eigenvalue weighted by molar-refractivity contribution is 6.93. The molecule has 4 aliphatic rings. The molecule has 3 nitrogen and oxygen atoms in total. The van der Waals surface area contributed by atoms with Gasteiger partial charge >= 0.3 is 6.85 Å². The molecule has 0 fully saturated rings. The second-order valence-electron chi connectivity index (χ2n) is 31.9. The van der Waals surface area contributed by atoms with Crippen LogP contribution in [0.15, 0.2) is 176 Å². The van der Waals surface area contributed by atoms with Crippen molar-refractivity contribution in [1.29, 1.82) is 0 Å². The van der Waals surface area contributed by atoms with Gasteiger partial charge in [-0.05, 0) is 214 Å². The molecule has 0 aromatic heterocycles. The molecule has 0 saturated heterocycles. The van der Waals surface area contributed by atoms with Gasteiger partial charge in [0.1, 0.15) is 0 Å². The number of fused-ring (bicyclic) bond motifs is 9. The van der Waals surface area contributed by atoms with Crippen molar-refractivity contribution in [2.75, 3.05) is 14.6 Å². The van der Waals surface area contributed by atoms with Crippen LogP contribution in [0, 0.1) is 6.92 Å². The smallest absolute Gasteiger partial charge is 0.333 e. The van der Waals surface area contributed by atoms with Crippen molar-refractivity contribution in [3.63, 3.8) is 0 Å². The standard InChI is InChI=1S/C82H90BN3/c1-51-43-65-62-38-37-61-64-49-67-68(81(16,17)42-41-80(67,14)15)50-66(64)82(18,19)73(61)75(62)86(57-34-31-53(32-35-57)76(2,3)4)83-69-48-60(84(58-29-23-27-54(45-58)77(5,6)7)59-30-24-28-55(46-59)78(8,9)10)36-40-71(69)85(72(44-51)74(65)83)70-39-33-56(79(11,12)13)47-63(70)52-25-21-20-22-26-52/h20-40,43-50H,41-42H2,1-19H3. The average molecular weight is 1130 g/mol. The van der Waals surface area contributed by atoms with Crippen LogP contribution in [0.1, 0.15) is 188 Å². The number of nitrogens with zero attached hydrogens (tertiary/aromatic N) is 3. The Bertz CT molecular complexity index is 4140.